The molecule has 0 bridgehead atoms. The minimum Gasteiger partial charge on any atom is -0.326 e. The highest BCUT2D eigenvalue weighted by atomic mass is 19.1. The van der Waals surface area contributed by atoms with E-state index in [-0.39, 0.29) is 17.0 Å². The molecule has 0 saturated heterocycles. The molecule has 6 heteroatoms. The van der Waals surface area contributed by atoms with Crippen molar-refractivity contribution < 1.29 is 14.0 Å². The van der Waals surface area contributed by atoms with Gasteiger partial charge in [0.2, 0.25) is 5.91 Å². The Hall–Kier alpha value is -3.20. The van der Waals surface area contributed by atoms with E-state index >= 15 is 0 Å². The topological polar surface area (TPSA) is 82.0 Å². The molecule has 2 aromatic carbocycles. The molecule has 0 atom stereocenters. The van der Waals surface area contributed by atoms with Crippen LogP contribution >= 0.6 is 0 Å². The van der Waals surface area contributed by atoms with Gasteiger partial charge in [0.05, 0.1) is 17.2 Å². The number of carbonyl (C=O) groups excluding carboxylic acids is 2. The fourth-order valence-electron chi connectivity index (χ4n) is 2.09. The molecule has 0 spiro atoms. The average Bonchev–Trinajstić information content (AvgIpc) is 2.55. The van der Waals surface area contributed by atoms with Gasteiger partial charge in [-0.3, -0.25) is 9.59 Å². The number of benzene rings is 2. The van der Waals surface area contributed by atoms with Crippen LogP contribution in [0.4, 0.5) is 15.8 Å². The maximum atomic E-state index is 13.9. The maximum Gasteiger partial charge on any atom is 0.258 e. The Morgan fingerprint density at radius 2 is 1.83 bits per heavy atom. The van der Waals surface area contributed by atoms with Crippen LogP contribution in [-0.2, 0) is 4.79 Å². The van der Waals surface area contributed by atoms with Crippen molar-refractivity contribution in [1.29, 1.82) is 5.26 Å². The van der Waals surface area contributed by atoms with Crippen molar-refractivity contribution in [2.45, 2.75) is 19.8 Å². The van der Waals surface area contributed by atoms with Crippen molar-refractivity contribution in [3.05, 3.63) is 59.4 Å². The van der Waals surface area contributed by atoms with Crippen LogP contribution in [0.2, 0.25) is 0 Å². The van der Waals surface area contributed by atoms with Gasteiger partial charge in [-0.15, -0.1) is 0 Å². The van der Waals surface area contributed by atoms with Crippen LogP contribution < -0.4 is 10.6 Å². The van der Waals surface area contributed by atoms with Crippen LogP contribution in [0, 0.1) is 17.1 Å². The third kappa shape index (κ3) is 4.40. The van der Waals surface area contributed by atoms with E-state index in [2.05, 4.69) is 10.6 Å². The summed E-state index contributed by atoms with van der Waals surface area (Å²) in [5.41, 5.74) is 0.962. The van der Waals surface area contributed by atoms with Gasteiger partial charge < -0.3 is 10.6 Å². The number of hydrogen-bond acceptors (Lipinski definition) is 3. The lowest BCUT2D eigenvalue weighted by Crippen LogP contribution is -2.15. The van der Waals surface area contributed by atoms with Gasteiger partial charge in [0, 0.05) is 17.8 Å². The summed E-state index contributed by atoms with van der Waals surface area (Å²) in [6, 6.07) is 12.0. The third-order valence-electron chi connectivity index (χ3n) is 3.22. The van der Waals surface area contributed by atoms with Gasteiger partial charge in [-0.05, 0) is 42.8 Å². The van der Waals surface area contributed by atoms with Gasteiger partial charge in [-0.1, -0.05) is 13.0 Å². The number of rotatable bonds is 5. The molecule has 0 radical (unpaired) electrons. The maximum absolute atomic E-state index is 13.9. The lowest BCUT2D eigenvalue weighted by Gasteiger charge is -2.09. The molecule has 0 aliphatic rings. The van der Waals surface area contributed by atoms with Crippen LogP contribution in [0.5, 0.6) is 0 Å². The van der Waals surface area contributed by atoms with Crippen molar-refractivity contribution in [1.82, 2.24) is 0 Å². The van der Waals surface area contributed by atoms with Crippen molar-refractivity contribution >= 4 is 23.2 Å². The van der Waals surface area contributed by atoms with E-state index in [0.717, 1.165) is 12.5 Å². The fraction of sp³-hybridized carbons (Fsp3) is 0.167. The Bertz CT molecular complexity index is 812. The monoisotopic (exact) mass is 325 g/mol. The van der Waals surface area contributed by atoms with Gasteiger partial charge in [-0.2, -0.15) is 5.26 Å². The molecule has 0 aliphatic heterocycles. The number of carbonyl (C=O) groups is 2. The first-order valence-corrected chi connectivity index (χ1v) is 7.44. The molecule has 0 saturated carbocycles. The van der Waals surface area contributed by atoms with Crippen LogP contribution in [0.1, 0.15) is 35.7 Å². The van der Waals surface area contributed by atoms with E-state index in [0.29, 0.717) is 17.8 Å². The zero-order valence-electron chi connectivity index (χ0n) is 13.1. The Kier molecular flexibility index (Phi) is 5.63. The van der Waals surface area contributed by atoms with E-state index in [1.807, 2.05) is 13.0 Å². The average molecular weight is 325 g/mol. The number of nitrogens with zero attached hydrogens (tertiary/aromatic N) is 1. The van der Waals surface area contributed by atoms with E-state index in [4.69, 9.17) is 5.26 Å². The predicted octanol–water partition coefficient (Wildman–Crippen LogP) is 3.69. The molecule has 2 N–H and O–H groups in total. The number of nitrogens with one attached hydrogen (secondary N) is 2. The second kappa shape index (κ2) is 7.88. The van der Waals surface area contributed by atoms with Crippen molar-refractivity contribution in [2.24, 2.45) is 0 Å². The highest BCUT2D eigenvalue weighted by Crippen LogP contribution is 2.18. The van der Waals surface area contributed by atoms with E-state index < -0.39 is 11.7 Å². The normalized spacial score (nSPS) is 9.88. The molecule has 122 valence electrons. The summed E-state index contributed by atoms with van der Waals surface area (Å²) in [6.07, 6.45) is 1.15. The van der Waals surface area contributed by atoms with Crippen molar-refractivity contribution in [2.75, 3.05) is 10.6 Å². The third-order valence-corrected chi connectivity index (χ3v) is 3.22. The van der Waals surface area contributed by atoms with E-state index in [1.54, 1.807) is 24.3 Å². The number of hydrogen-bond donors (Lipinski definition) is 2. The Morgan fingerprint density at radius 1 is 1.12 bits per heavy atom. The quantitative estimate of drug-likeness (QED) is 0.879. The zero-order chi connectivity index (χ0) is 17.5. The Labute approximate surface area is 139 Å². The summed E-state index contributed by atoms with van der Waals surface area (Å²) in [6.45, 7) is 1.91. The Balaban J connectivity index is 2.12. The number of halogens is 1. The molecule has 0 aliphatic carbocycles. The Morgan fingerprint density at radius 3 is 2.46 bits per heavy atom. The highest BCUT2D eigenvalue weighted by Gasteiger charge is 2.13. The first-order chi connectivity index (χ1) is 11.5. The van der Waals surface area contributed by atoms with E-state index in [9.17, 15) is 14.0 Å². The van der Waals surface area contributed by atoms with Gasteiger partial charge in [0.1, 0.15) is 5.82 Å². The zero-order valence-corrected chi connectivity index (χ0v) is 13.1. The van der Waals surface area contributed by atoms with E-state index in [1.165, 1.54) is 12.1 Å². The second-order valence-corrected chi connectivity index (χ2v) is 5.14. The second-order valence-electron chi connectivity index (χ2n) is 5.14. The fourth-order valence-corrected chi connectivity index (χ4v) is 2.09. The summed E-state index contributed by atoms with van der Waals surface area (Å²) in [5, 5.41) is 14.0. The largest absolute Gasteiger partial charge is 0.326 e. The summed E-state index contributed by atoms with van der Waals surface area (Å²) in [7, 11) is 0. The van der Waals surface area contributed by atoms with Crippen molar-refractivity contribution in [3.8, 4) is 6.07 Å². The first-order valence-electron chi connectivity index (χ1n) is 7.44. The van der Waals surface area contributed by atoms with Gasteiger partial charge >= 0.3 is 0 Å². The number of anilines is 2. The molecule has 5 nitrogen and oxygen atoms in total. The van der Waals surface area contributed by atoms with Gasteiger partial charge in [-0.25, -0.2) is 4.39 Å². The highest BCUT2D eigenvalue weighted by molar-refractivity contribution is 6.05. The van der Waals surface area contributed by atoms with Gasteiger partial charge in [0.15, 0.2) is 0 Å². The lowest BCUT2D eigenvalue weighted by molar-refractivity contribution is -0.116. The smallest absolute Gasteiger partial charge is 0.258 e. The minimum atomic E-state index is -0.765. The molecule has 2 aromatic rings. The summed E-state index contributed by atoms with van der Waals surface area (Å²) in [5.74, 6) is -1.51. The molecule has 0 heterocycles. The molecule has 24 heavy (non-hydrogen) atoms. The predicted molar refractivity (Wildman–Crippen MR) is 89.0 cm³/mol. The SMILES string of the molecule is CCCC(=O)Nc1cccc(NC(=O)c2ccc(C#N)cc2F)c1. The lowest BCUT2D eigenvalue weighted by atomic mass is 10.1. The first kappa shape index (κ1) is 17.2. The minimum absolute atomic E-state index is 0.112. The molecular weight excluding hydrogens is 309 g/mol. The molecule has 0 fully saturated rings. The summed E-state index contributed by atoms with van der Waals surface area (Å²) < 4.78 is 13.9. The van der Waals surface area contributed by atoms with Crippen LogP contribution in [0.15, 0.2) is 42.5 Å². The molecular formula is C18H16FN3O2. The molecule has 2 amide bonds. The molecule has 0 aromatic heterocycles. The molecule has 0 unspecified atom stereocenters. The standard InChI is InChI=1S/C18H16FN3O2/c1-2-4-17(23)21-13-5-3-6-14(10-13)22-18(24)15-8-7-12(11-20)9-16(15)19/h3,5-10H,2,4H2,1H3,(H,21,23)(H,22,24). The number of amides is 2. The van der Waals surface area contributed by atoms with Crippen LogP contribution in [-0.4, -0.2) is 11.8 Å². The van der Waals surface area contributed by atoms with Crippen LogP contribution in [0.25, 0.3) is 0 Å². The number of nitriles is 1. The summed E-state index contributed by atoms with van der Waals surface area (Å²) >= 11 is 0. The van der Waals surface area contributed by atoms with Crippen molar-refractivity contribution in [3.63, 3.8) is 0 Å². The summed E-state index contributed by atoms with van der Waals surface area (Å²) in [4.78, 5) is 23.7. The van der Waals surface area contributed by atoms with Crippen LogP contribution in [0.3, 0.4) is 0 Å². The molecule has 2 rings (SSSR count). The van der Waals surface area contributed by atoms with Gasteiger partial charge in [0.25, 0.3) is 5.91 Å².